The number of benzene rings is 1. The Balaban J connectivity index is 2.31. The van der Waals surface area contributed by atoms with Crippen LogP contribution in [0.15, 0.2) is 24.3 Å². The maximum atomic E-state index is 9.80. The molecule has 0 bridgehead atoms. The lowest BCUT2D eigenvalue weighted by Crippen LogP contribution is -2.03. The van der Waals surface area contributed by atoms with Crippen molar-refractivity contribution in [1.29, 1.82) is 0 Å². The van der Waals surface area contributed by atoms with Crippen LogP contribution >= 0.6 is 0 Å². The Hall–Kier alpha value is -0.980. The molecule has 1 atom stereocenters. The zero-order valence-electron chi connectivity index (χ0n) is 12.0. The first kappa shape index (κ1) is 15.1. The average Bonchev–Trinajstić information content (AvgIpc) is 2.39. The molecule has 0 aromatic heterocycles. The highest BCUT2D eigenvalue weighted by Gasteiger charge is 2.09. The average molecular weight is 248 g/mol. The van der Waals surface area contributed by atoms with Gasteiger partial charge in [-0.1, -0.05) is 77.0 Å². The van der Waals surface area contributed by atoms with E-state index in [0.717, 1.165) is 17.9 Å². The third-order valence-corrected chi connectivity index (χ3v) is 3.79. The molecular weight excluding hydrogens is 220 g/mol. The fourth-order valence-electron chi connectivity index (χ4n) is 2.48. The molecule has 0 spiro atoms. The monoisotopic (exact) mass is 248 g/mol. The summed E-state index contributed by atoms with van der Waals surface area (Å²) >= 11 is 0. The van der Waals surface area contributed by atoms with Crippen molar-refractivity contribution in [3.8, 4) is 5.75 Å². The SMILES string of the molecule is CCCCCCCC(CC)Cc1ccccc1O. The minimum Gasteiger partial charge on any atom is -0.508 e. The minimum absolute atomic E-state index is 0.460. The number of phenolic OH excluding ortho intramolecular Hbond substituents is 1. The van der Waals surface area contributed by atoms with Crippen LogP contribution in [-0.4, -0.2) is 5.11 Å². The predicted octanol–water partition coefficient (Wildman–Crippen LogP) is 5.32. The van der Waals surface area contributed by atoms with Crippen LogP contribution in [0.2, 0.25) is 0 Å². The van der Waals surface area contributed by atoms with Gasteiger partial charge in [-0.05, 0) is 24.0 Å². The Morgan fingerprint density at radius 2 is 1.72 bits per heavy atom. The van der Waals surface area contributed by atoms with Gasteiger partial charge in [-0.3, -0.25) is 0 Å². The van der Waals surface area contributed by atoms with Crippen molar-refractivity contribution in [1.82, 2.24) is 0 Å². The zero-order chi connectivity index (χ0) is 13.2. The Kier molecular flexibility index (Phi) is 7.55. The molecule has 0 radical (unpaired) electrons. The van der Waals surface area contributed by atoms with Crippen LogP contribution in [0.4, 0.5) is 0 Å². The molecule has 1 N–H and O–H groups in total. The molecule has 0 heterocycles. The Morgan fingerprint density at radius 3 is 2.39 bits per heavy atom. The van der Waals surface area contributed by atoms with Gasteiger partial charge in [0.05, 0.1) is 0 Å². The van der Waals surface area contributed by atoms with Crippen LogP contribution in [0.3, 0.4) is 0 Å². The Labute approximate surface area is 112 Å². The smallest absolute Gasteiger partial charge is 0.118 e. The summed E-state index contributed by atoms with van der Waals surface area (Å²) in [6.45, 7) is 4.52. The number of para-hydroxylation sites is 1. The number of hydrogen-bond acceptors (Lipinski definition) is 1. The van der Waals surface area contributed by atoms with Crippen molar-refractivity contribution < 1.29 is 5.11 Å². The van der Waals surface area contributed by atoms with Crippen molar-refractivity contribution in [2.45, 2.75) is 65.2 Å². The molecular formula is C17H28O. The molecule has 18 heavy (non-hydrogen) atoms. The highest BCUT2D eigenvalue weighted by molar-refractivity contribution is 5.31. The van der Waals surface area contributed by atoms with Crippen LogP contribution in [0, 0.1) is 5.92 Å². The zero-order valence-corrected chi connectivity index (χ0v) is 12.0. The molecule has 0 fully saturated rings. The number of aromatic hydroxyl groups is 1. The van der Waals surface area contributed by atoms with Crippen LogP contribution in [0.25, 0.3) is 0 Å². The Morgan fingerprint density at radius 1 is 1.00 bits per heavy atom. The molecule has 0 aliphatic carbocycles. The van der Waals surface area contributed by atoms with Crippen molar-refractivity contribution in [2.24, 2.45) is 5.92 Å². The first-order valence-corrected chi connectivity index (χ1v) is 7.54. The van der Waals surface area contributed by atoms with Crippen molar-refractivity contribution in [3.05, 3.63) is 29.8 Å². The molecule has 0 aliphatic heterocycles. The van der Waals surface area contributed by atoms with E-state index in [1.807, 2.05) is 12.1 Å². The second kappa shape index (κ2) is 9.02. The summed E-state index contributed by atoms with van der Waals surface area (Å²) in [5.41, 5.74) is 1.11. The maximum Gasteiger partial charge on any atom is 0.118 e. The van der Waals surface area contributed by atoms with E-state index in [-0.39, 0.29) is 0 Å². The normalized spacial score (nSPS) is 12.6. The van der Waals surface area contributed by atoms with Crippen LogP contribution < -0.4 is 0 Å². The van der Waals surface area contributed by atoms with E-state index >= 15 is 0 Å². The van der Waals surface area contributed by atoms with Crippen molar-refractivity contribution in [3.63, 3.8) is 0 Å². The van der Waals surface area contributed by atoms with E-state index in [1.165, 1.54) is 44.9 Å². The van der Waals surface area contributed by atoms with Gasteiger partial charge in [0, 0.05) is 0 Å². The van der Waals surface area contributed by atoms with Crippen LogP contribution in [0.1, 0.15) is 64.4 Å². The minimum atomic E-state index is 0.460. The van der Waals surface area contributed by atoms with Gasteiger partial charge < -0.3 is 5.11 Å². The third kappa shape index (κ3) is 5.57. The lowest BCUT2D eigenvalue weighted by atomic mass is 9.91. The predicted molar refractivity (Wildman–Crippen MR) is 79.0 cm³/mol. The van der Waals surface area contributed by atoms with Gasteiger partial charge in [0.2, 0.25) is 0 Å². The molecule has 1 aromatic rings. The van der Waals surface area contributed by atoms with E-state index in [9.17, 15) is 5.11 Å². The highest BCUT2D eigenvalue weighted by atomic mass is 16.3. The Bertz CT molecular complexity index is 319. The second-order valence-corrected chi connectivity index (χ2v) is 5.31. The molecule has 0 amide bonds. The summed E-state index contributed by atoms with van der Waals surface area (Å²) in [5.74, 6) is 1.18. The number of phenols is 1. The summed E-state index contributed by atoms with van der Waals surface area (Å²) < 4.78 is 0. The van der Waals surface area contributed by atoms with Crippen LogP contribution in [0.5, 0.6) is 5.75 Å². The van der Waals surface area contributed by atoms with Gasteiger partial charge in [-0.2, -0.15) is 0 Å². The molecule has 1 rings (SSSR count). The molecule has 1 aromatic carbocycles. The van der Waals surface area contributed by atoms with Crippen molar-refractivity contribution >= 4 is 0 Å². The first-order chi connectivity index (χ1) is 8.77. The van der Waals surface area contributed by atoms with E-state index in [2.05, 4.69) is 19.9 Å². The summed E-state index contributed by atoms with van der Waals surface area (Å²) in [5, 5.41) is 9.80. The second-order valence-electron chi connectivity index (χ2n) is 5.31. The van der Waals surface area contributed by atoms with Gasteiger partial charge in [0.15, 0.2) is 0 Å². The fraction of sp³-hybridized carbons (Fsp3) is 0.647. The van der Waals surface area contributed by atoms with Crippen molar-refractivity contribution in [2.75, 3.05) is 0 Å². The van der Waals surface area contributed by atoms with E-state index in [4.69, 9.17) is 0 Å². The van der Waals surface area contributed by atoms with Gasteiger partial charge in [-0.25, -0.2) is 0 Å². The maximum absolute atomic E-state index is 9.80. The number of hydrogen-bond donors (Lipinski definition) is 1. The van der Waals surface area contributed by atoms with Gasteiger partial charge in [-0.15, -0.1) is 0 Å². The van der Waals surface area contributed by atoms with Gasteiger partial charge in [0.1, 0.15) is 5.75 Å². The molecule has 1 heteroatoms. The highest BCUT2D eigenvalue weighted by Crippen LogP contribution is 2.24. The van der Waals surface area contributed by atoms with Crippen LogP contribution in [-0.2, 0) is 6.42 Å². The molecule has 102 valence electrons. The standard InChI is InChI=1S/C17H28O/c1-3-5-6-7-8-11-15(4-2)14-16-12-9-10-13-17(16)18/h9-10,12-13,15,18H,3-8,11,14H2,1-2H3. The van der Waals surface area contributed by atoms with E-state index < -0.39 is 0 Å². The summed E-state index contributed by atoms with van der Waals surface area (Å²) in [6.07, 6.45) is 10.3. The first-order valence-electron chi connectivity index (χ1n) is 7.54. The summed E-state index contributed by atoms with van der Waals surface area (Å²) in [6, 6.07) is 7.76. The molecule has 0 saturated carbocycles. The molecule has 0 aliphatic rings. The summed E-state index contributed by atoms with van der Waals surface area (Å²) in [7, 11) is 0. The summed E-state index contributed by atoms with van der Waals surface area (Å²) in [4.78, 5) is 0. The lowest BCUT2D eigenvalue weighted by molar-refractivity contribution is 0.420. The number of rotatable bonds is 9. The fourth-order valence-corrected chi connectivity index (χ4v) is 2.48. The van der Waals surface area contributed by atoms with Gasteiger partial charge >= 0.3 is 0 Å². The molecule has 1 nitrogen and oxygen atoms in total. The quantitative estimate of drug-likeness (QED) is 0.586. The molecule has 1 unspecified atom stereocenters. The molecule has 0 saturated heterocycles. The third-order valence-electron chi connectivity index (χ3n) is 3.79. The van der Waals surface area contributed by atoms with E-state index in [1.54, 1.807) is 6.07 Å². The van der Waals surface area contributed by atoms with E-state index in [0.29, 0.717) is 5.75 Å². The number of unbranched alkanes of at least 4 members (excludes halogenated alkanes) is 4. The topological polar surface area (TPSA) is 20.2 Å². The van der Waals surface area contributed by atoms with Gasteiger partial charge in [0.25, 0.3) is 0 Å². The lowest BCUT2D eigenvalue weighted by Gasteiger charge is -2.15. The largest absolute Gasteiger partial charge is 0.508 e.